The second-order valence-electron chi connectivity index (χ2n) is 6.32. The van der Waals surface area contributed by atoms with Crippen LogP contribution in [0.1, 0.15) is 36.3 Å². The number of alkyl halides is 6. The molecule has 0 spiro atoms. The molecule has 25 heavy (non-hydrogen) atoms. The molecule has 1 aromatic carbocycles. The average molecular weight is 364 g/mol. The lowest BCUT2D eigenvalue weighted by Crippen LogP contribution is -2.41. The van der Waals surface area contributed by atoms with Crippen molar-refractivity contribution in [2.24, 2.45) is 5.92 Å². The van der Waals surface area contributed by atoms with Gasteiger partial charge in [0.15, 0.2) is 0 Å². The summed E-state index contributed by atoms with van der Waals surface area (Å²) < 4.78 is 77.4. The summed E-state index contributed by atoms with van der Waals surface area (Å²) >= 11 is 0. The molecule has 8 heteroatoms. The van der Waals surface area contributed by atoms with E-state index in [1.165, 1.54) is 6.07 Å². The maximum absolute atomic E-state index is 13.0. The van der Waals surface area contributed by atoms with E-state index in [1.807, 2.05) is 0 Å². The van der Waals surface area contributed by atoms with Crippen molar-refractivity contribution >= 4 is 0 Å². The van der Waals surface area contributed by atoms with Crippen LogP contribution < -0.4 is 0 Å². The number of benzene rings is 1. The summed E-state index contributed by atoms with van der Waals surface area (Å²) in [4.78, 5) is 1.60. The highest BCUT2D eigenvalue weighted by Crippen LogP contribution is 2.35. The van der Waals surface area contributed by atoms with Crippen LogP contribution in [0.4, 0.5) is 26.3 Å². The third kappa shape index (κ3) is 5.36. The van der Waals surface area contributed by atoms with Gasteiger partial charge < -0.3 is 4.90 Å². The van der Waals surface area contributed by atoms with E-state index in [0.717, 1.165) is 12.1 Å². The molecule has 0 aliphatic carbocycles. The molecule has 0 bridgehead atoms. The summed E-state index contributed by atoms with van der Waals surface area (Å²) in [5, 5.41) is 8.59. The van der Waals surface area contributed by atoms with Crippen molar-refractivity contribution in [3.05, 3.63) is 35.4 Å². The molecule has 1 fully saturated rings. The molecule has 0 amide bonds. The van der Waals surface area contributed by atoms with E-state index in [2.05, 4.69) is 0 Å². The fraction of sp³-hybridized carbons (Fsp3) is 0.588. The highest BCUT2D eigenvalue weighted by atomic mass is 19.4. The van der Waals surface area contributed by atoms with Crippen LogP contribution in [0.3, 0.4) is 0 Å². The zero-order valence-electron chi connectivity index (χ0n) is 13.4. The zero-order valence-corrected chi connectivity index (χ0v) is 13.4. The largest absolute Gasteiger partial charge is 0.416 e. The van der Waals surface area contributed by atoms with Crippen LogP contribution in [0.2, 0.25) is 0 Å². The Morgan fingerprint density at radius 3 is 2.52 bits per heavy atom. The van der Waals surface area contributed by atoms with Crippen molar-refractivity contribution in [1.29, 1.82) is 5.26 Å². The number of hydrogen-bond donors (Lipinski definition) is 0. The van der Waals surface area contributed by atoms with Crippen LogP contribution >= 0.6 is 0 Å². The molecule has 1 aromatic rings. The Hall–Kier alpha value is -1.75. The van der Waals surface area contributed by atoms with E-state index in [4.69, 9.17) is 5.26 Å². The maximum atomic E-state index is 13.0. The highest BCUT2D eigenvalue weighted by Gasteiger charge is 2.41. The third-order valence-corrected chi connectivity index (χ3v) is 4.47. The van der Waals surface area contributed by atoms with Crippen LogP contribution in [-0.4, -0.2) is 30.7 Å². The van der Waals surface area contributed by atoms with E-state index < -0.39 is 30.3 Å². The summed E-state index contributed by atoms with van der Waals surface area (Å²) in [7, 11) is 0. The number of nitrogens with zero attached hydrogens (tertiary/aromatic N) is 2. The number of halogens is 6. The van der Waals surface area contributed by atoms with Crippen molar-refractivity contribution in [2.45, 2.75) is 37.5 Å². The summed E-state index contributed by atoms with van der Waals surface area (Å²) in [6.45, 7) is 0.416. The van der Waals surface area contributed by atoms with Crippen molar-refractivity contribution < 1.29 is 26.3 Å². The summed E-state index contributed by atoms with van der Waals surface area (Å²) in [6.07, 6.45) is -8.28. The van der Waals surface area contributed by atoms with Crippen LogP contribution in [0.25, 0.3) is 0 Å². The molecule has 0 radical (unpaired) electrons. The normalized spacial score (nSPS) is 20.9. The Morgan fingerprint density at radius 1 is 1.20 bits per heavy atom. The molecule has 2 nitrogen and oxygen atoms in total. The standard InChI is InChI=1S/C17H18F6N2/c18-16(19,20)14-5-1-3-12(9-14)13-4-2-8-25(10-13)11-15(6-7-24)17(21,22)23/h1,3,5,9,13,15H,2,4,6,8,10-11H2. The van der Waals surface area contributed by atoms with E-state index in [-0.39, 0.29) is 19.0 Å². The maximum Gasteiger partial charge on any atom is 0.416 e. The predicted molar refractivity (Wildman–Crippen MR) is 79.6 cm³/mol. The minimum Gasteiger partial charge on any atom is -0.302 e. The summed E-state index contributed by atoms with van der Waals surface area (Å²) in [6, 6.07) is 6.52. The smallest absolute Gasteiger partial charge is 0.302 e. The van der Waals surface area contributed by atoms with Gasteiger partial charge in [0.25, 0.3) is 0 Å². The molecule has 138 valence electrons. The Morgan fingerprint density at radius 2 is 1.92 bits per heavy atom. The van der Waals surface area contributed by atoms with Crippen LogP contribution in [0.5, 0.6) is 0 Å². The molecule has 0 saturated carbocycles. The molecular weight excluding hydrogens is 346 g/mol. The van der Waals surface area contributed by atoms with Gasteiger partial charge in [-0.15, -0.1) is 0 Å². The fourth-order valence-electron chi connectivity index (χ4n) is 3.17. The summed E-state index contributed by atoms with van der Waals surface area (Å²) in [5.41, 5.74) is -0.261. The average Bonchev–Trinajstić information content (AvgIpc) is 2.53. The minimum atomic E-state index is -4.46. The Balaban J connectivity index is 2.09. The van der Waals surface area contributed by atoms with Crippen molar-refractivity contribution in [2.75, 3.05) is 19.6 Å². The first-order chi connectivity index (χ1) is 11.6. The van der Waals surface area contributed by atoms with Gasteiger partial charge in [0.2, 0.25) is 0 Å². The first-order valence-corrected chi connectivity index (χ1v) is 7.94. The lowest BCUT2D eigenvalue weighted by molar-refractivity contribution is -0.178. The van der Waals surface area contributed by atoms with Gasteiger partial charge in [0, 0.05) is 19.5 Å². The molecule has 2 rings (SSSR count). The Bertz CT molecular complexity index is 617. The topological polar surface area (TPSA) is 27.0 Å². The molecule has 1 aliphatic rings. The van der Waals surface area contributed by atoms with Gasteiger partial charge in [-0.1, -0.05) is 18.2 Å². The first-order valence-electron chi connectivity index (χ1n) is 7.94. The SMILES string of the molecule is N#CCC(CN1CCCC(c2cccc(C(F)(F)F)c2)C1)C(F)(F)F. The van der Waals surface area contributed by atoms with E-state index in [1.54, 1.807) is 17.0 Å². The number of piperidine rings is 1. The van der Waals surface area contributed by atoms with Gasteiger partial charge in [-0.25, -0.2) is 0 Å². The van der Waals surface area contributed by atoms with Gasteiger partial charge in [-0.2, -0.15) is 31.6 Å². The molecule has 0 N–H and O–H groups in total. The predicted octanol–water partition coefficient (Wildman–Crippen LogP) is 4.98. The number of nitriles is 1. The van der Waals surface area contributed by atoms with E-state index in [9.17, 15) is 26.3 Å². The lowest BCUT2D eigenvalue weighted by atomic mass is 9.89. The molecule has 2 atom stereocenters. The fourth-order valence-corrected chi connectivity index (χ4v) is 3.17. The molecule has 1 aliphatic heterocycles. The number of hydrogen-bond acceptors (Lipinski definition) is 2. The van der Waals surface area contributed by atoms with E-state index in [0.29, 0.717) is 24.9 Å². The molecule has 2 unspecified atom stereocenters. The van der Waals surface area contributed by atoms with Crippen LogP contribution in [0.15, 0.2) is 24.3 Å². The van der Waals surface area contributed by atoms with Crippen LogP contribution in [0, 0.1) is 17.2 Å². The summed E-state index contributed by atoms with van der Waals surface area (Å²) in [5.74, 6) is -1.98. The van der Waals surface area contributed by atoms with Gasteiger partial charge in [0.1, 0.15) is 0 Å². The zero-order chi connectivity index (χ0) is 18.7. The Kier molecular flexibility index (Phi) is 5.99. The second-order valence-corrected chi connectivity index (χ2v) is 6.32. The monoisotopic (exact) mass is 364 g/mol. The molecule has 0 aromatic heterocycles. The number of likely N-dealkylation sites (tertiary alicyclic amines) is 1. The van der Waals surface area contributed by atoms with Gasteiger partial charge in [-0.3, -0.25) is 0 Å². The van der Waals surface area contributed by atoms with Crippen LogP contribution in [-0.2, 0) is 6.18 Å². The number of rotatable bonds is 4. The first kappa shape index (κ1) is 19.6. The van der Waals surface area contributed by atoms with Gasteiger partial charge >= 0.3 is 12.4 Å². The second kappa shape index (κ2) is 7.65. The molecular formula is C17H18F6N2. The minimum absolute atomic E-state index is 0.244. The van der Waals surface area contributed by atoms with Gasteiger partial charge in [-0.05, 0) is 36.9 Å². The van der Waals surface area contributed by atoms with Crippen molar-refractivity contribution in [3.8, 4) is 6.07 Å². The quantitative estimate of drug-likeness (QED) is 0.705. The molecule has 1 heterocycles. The lowest BCUT2D eigenvalue weighted by Gasteiger charge is -2.35. The third-order valence-electron chi connectivity index (χ3n) is 4.47. The highest BCUT2D eigenvalue weighted by molar-refractivity contribution is 5.28. The Labute approximate surface area is 142 Å². The molecule has 1 saturated heterocycles. The van der Waals surface area contributed by atoms with Crippen molar-refractivity contribution in [3.63, 3.8) is 0 Å². The van der Waals surface area contributed by atoms with Crippen molar-refractivity contribution in [1.82, 2.24) is 4.90 Å². The van der Waals surface area contributed by atoms with E-state index >= 15 is 0 Å². The van der Waals surface area contributed by atoms with Gasteiger partial charge in [0.05, 0.1) is 17.6 Å².